The summed E-state index contributed by atoms with van der Waals surface area (Å²) in [7, 11) is 0. The molecule has 0 radical (unpaired) electrons. The molecule has 5 nitrogen and oxygen atoms in total. The molecule has 0 aliphatic carbocycles. The Morgan fingerprint density at radius 3 is 2.65 bits per heavy atom. The van der Waals surface area contributed by atoms with Crippen molar-refractivity contribution in [3.05, 3.63) is 59.9 Å². The Balaban J connectivity index is 1.71. The number of thioether (sulfide) groups is 1. The van der Waals surface area contributed by atoms with Crippen molar-refractivity contribution in [2.45, 2.75) is 37.8 Å². The molecule has 2 heterocycles. The van der Waals surface area contributed by atoms with Crippen LogP contribution in [0.5, 0.6) is 5.75 Å². The van der Waals surface area contributed by atoms with Crippen molar-refractivity contribution in [1.82, 2.24) is 19.6 Å². The summed E-state index contributed by atoms with van der Waals surface area (Å²) >= 11 is 1.64. The molecule has 2 aromatic heterocycles. The maximum absolute atomic E-state index is 5.93. The third-order valence-electron chi connectivity index (χ3n) is 3.95. The molecule has 0 fully saturated rings. The predicted molar refractivity (Wildman–Crippen MR) is 105 cm³/mol. The number of ether oxygens (including phenoxy) is 1. The molecule has 0 amide bonds. The summed E-state index contributed by atoms with van der Waals surface area (Å²) in [6, 6.07) is 16.2. The van der Waals surface area contributed by atoms with Crippen LogP contribution in [0.15, 0.2) is 53.7 Å². The van der Waals surface area contributed by atoms with E-state index in [-0.39, 0.29) is 6.10 Å². The van der Waals surface area contributed by atoms with E-state index in [0.29, 0.717) is 0 Å². The summed E-state index contributed by atoms with van der Waals surface area (Å²) in [5.74, 6) is 2.41. The van der Waals surface area contributed by atoms with E-state index in [4.69, 9.17) is 9.72 Å². The van der Waals surface area contributed by atoms with Gasteiger partial charge in [-0.15, -0.1) is 5.10 Å². The van der Waals surface area contributed by atoms with E-state index in [1.54, 1.807) is 11.8 Å². The lowest BCUT2D eigenvalue weighted by molar-refractivity contribution is 0.240. The summed E-state index contributed by atoms with van der Waals surface area (Å²) in [5, 5.41) is 6.38. The Labute approximate surface area is 156 Å². The second-order valence-corrected chi connectivity index (χ2v) is 7.31. The minimum absolute atomic E-state index is 0.143. The number of hydrogen-bond acceptors (Lipinski definition) is 5. The van der Waals surface area contributed by atoms with Gasteiger partial charge in [0, 0.05) is 16.7 Å². The van der Waals surface area contributed by atoms with Crippen LogP contribution in [-0.2, 0) is 5.75 Å². The Morgan fingerprint density at radius 1 is 1.04 bits per heavy atom. The highest BCUT2D eigenvalue weighted by Crippen LogP contribution is 2.29. The Kier molecular flexibility index (Phi) is 4.51. The van der Waals surface area contributed by atoms with Crippen LogP contribution >= 0.6 is 11.8 Å². The van der Waals surface area contributed by atoms with Crippen LogP contribution in [0.1, 0.15) is 25.2 Å². The van der Waals surface area contributed by atoms with Crippen LogP contribution in [-0.4, -0.2) is 25.7 Å². The van der Waals surface area contributed by atoms with Gasteiger partial charge >= 0.3 is 0 Å². The average molecular weight is 364 g/mol. The smallest absolute Gasteiger partial charge is 0.191 e. The molecule has 4 rings (SSSR count). The molecule has 0 aliphatic rings. The van der Waals surface area contributed by atoms with E-state index < -0.39 is 0 Å². The highest BCUT2D eigenvalue weighted by Gasteiger charge is 2.13. The van der Waals surface area contributed by atoms with Crippen molar-refractivity contribution >= 4 is 28.3 Å². The molecule has 0 unspecified atom stereocenters. The van der Waals surface area contributed by atoms with Crippen LogP contribution in [0.25, 0.3) is 16.6 Å². The molecule has 0 atom stereocenters. The monoisotopic (exact) mass is 364 g/mol. The lowest BCUT2D eigenvalue weighted by Gasteiger charge is -2.14. The van der Waals surface area contributed by atoms with Crippen LogP contribution in [0.3, 0.4) is 0 Å². The number of hydrogen-bond donors (Lipinski definition) is 0. The molecule has 0 aliphatic heterocycles. The van der Waals surface area contributed by atoms with Gasteiger partial charge in [-0.25, -0.2) is 9.97 Å². The van der Waals surface area contributed by atoms with E-state index in [1.165, 1.54) is 0 Å². The number of aromatic nitrogens is 4. The zero-order valence-corrected chi connectivity index (χ0v) is 15.8. The van der Waals surface area contributed by atoms with Crippen molar-refractivity contribution in [2.75, 3.05) is 0 Å². The van der Waals surface area contributed by atoms with E-state index in [0.717, 1.165) is 44.6 Å². The van der Waals surface area contributed by atoms with Gasteiger partial charge in [-0.05, 0) is 39.0 Å². The maximum atomic E-state index is 5.93. The number of aryl methyl sites for hydroxylation is 1. The molecule has 4 aromatic rings. The minimum atomic E-state index is 0.143. The largest absolute Gasteiger partial charge is 0.491 e. The van der Waals surface area contributed by atoms with Crippen LogP contribution in [0, 0.1) is 6.92 Å². The van der Waals surface area contributed by atoms with Gasteiger partial charge in [-0.1, -0.05) is 42.1 Å². The fourth-order valence-electron chi connectivity index (χ4n) is 2.86. The van der Waals surface area contributed by atoms with Crippen LogP contribution in [0.4, 0.5) is 0 Å². The molecular formula is C20H20N4OS. The summed E-state index contributed by atoms with van der Waals surface area (Å²) in [4.78, 5) is 9.39. The normalized spacial score (nSPS) is 11.5. The number of nitrogens with zero attached hydrogens (tertiary/aromatic N) is 4. The van der Waals surface area contributed by atoms with Gasteiger partial charge in [-0.3, -0.25) is 0 Å². The third kappa shape index (κ3) is 3.24. The number of rotatable bonds is 5. The van der Waals surface area contributed by atoms with Crippen molar-refractivity contribution in [2.24, 2.45) is 0 Å². The Bertz CT molecular complexity index is 1070. The number of benzene rings is 2. The fraction of sp³-hybridized carbons (Fsp3) is 0.250. The van der Waals surface area contributed by atoms with Crippen molar-refractivity contribution in [3.8, 4) is 5.75 Å². The molecular weight excluding hydrogens is 344 g/mol. The summed E-state index contributed by atoms with van der Waals surface area (Å²) < 4.78 is 7.77. The zero-order valence-electron chi connectivity index (χ0n) is 15.0. The molecule has 6 heteroatoms. The van der Waals surface area contributed by atoms with E-state index in [1.807, 2.05) is 67.8 Å². The van der Waals surface area contributed by atoms with Crippen molar-refractivity contribution < 1.29 is 4.74 Å². The molecule has 0 bridgehead atoms. The van der Waals surface area contributed by atoms with Gasteiger partial charge in [-0.2, -0.15) is 4.52 Å². The zero-order chi connectivity index (χ0) is 18.1. The molecule has 0 saturated carbocycles. The van der Waals surface area contributed by atoms with Gasteiger partial charge in [0.15, 0.2) is 10.8 Å². The van der Waals surface area contributed by atoms with Gasteiger partial charge < -0.3 is 4.74 Å². The van der Waals surface area contributed by atoms with Gasteiger partial charge in [0.25, 0.3) is 0 Å². The Morgan fingerprint density at radius 2 is 1.81 bits per heavy atom. The first-order valence-electron chi connectivity index (χ1n) is 8.61. The second kappa shape index (κ2) is 6.96. The van der Waals surface area contributed by atoms with Gasteiger partial charge in [0.05, 0.1) is 11.6 Å². The minimum Gasteiger partial charge on any atom is -0.491 e. The fourth-order valence-corrected chi connectivity index (χ4v) is 3.80. The van der Waals surface area contributed by atoms with Crippen molar-refractivity contribution in [3.63, 3.8) is 0 Å². The summed E-state index contributed by atoms with van der Waals surface area (Å²) in [6.07, 6.45) is 0.143. The van der Waals surface area contributed by atoms with Crippen molar-refractivity contribution in [1.29, 1.82) is 0 Å². The lowest BCUT2D eigenvalue weighted by Crippen LogP contribution is -2.07. The average Bonchev–Trinajstić information content (AvgIpc) is 3.02. The van der Waals surface area contributed by atoms with Gasteiger partial charge in [0.2, 0.25) is 0 Å². The van der Waals surface area contributed by atoms with E-state index in [9.17, 15) is 0 Å². The van der Waals surface area contributed by atoms with Crippen LogP contribution in [0.2, 0.25) is 0 Å². The van der Waals surface area contributed by atoms with E-state index >= 15 is 0 Å². The molecule has 26 heavy (non-hydrogen) atoms. The van der Waals surface area contributed by atoms with E-state index in [2.05, 4.69) is 16.1 Å². The first-order chi connectivity index (χ1) is 12.6. The highest BCUT2D eigenvalue weighted by molar-refractivity contribution is 7.98. The molecule has 2 aromatic carbocycles. The molecule has 132 valence electrons. The standard InChI is InChI=1S/C20H20N4OS/c1-13(2)25-18-11-7-4-8-15(18)12-26-20-22-17-10-6-5-9-16(17)19-21-14(3)23-24(19)20/h4-11,13H,12H2,1-3H3. The quantitative estimate of drug-likeness (QED) is 0.381. The highest BCUT2D eigenvalue weighted by atomic mass is 32.2. The second-order valence-electron chi connectivity index (χ2n) is 6.37. The summed E-state index contributed by atoms with van der Waals surface area (Å²) in [6.45, 7) is 5.98. The summed E-state index contributed by atoms with van der Waals surface area (Å²) in [5.41, 5.74) is 2.93. The first kappa shape index (κ1) is 16.8. The number of fused-ring (bicyclic) bond motifs is 3. The van der Waals surface area contributed by atoms with Crippen LogP contribution < -0.4 is 4.74 Å². The SMILES string of the molecule is Cc1nc2c3ccccc3nc(SCc3ccccc3OC(C)C)n2n1. The topological polar surface area (TPSA) is 52.3 Å². The Hall–Kier alpha value is -2.60. The third-order valence-corrected chi connectivity index (χ3v) is 4.93. The number of para-hydroxylation sites is 2. The van der Waals surface area contributed by atoms with Gasteiger partial charge in [0.1, 0.15) is 11.6 Å². The first-order valence-corrected chi connectivity index (χ1v) is 9.60. The molecule has 0 saturated heterocycles. The predicted octanol–water partition coefficient (Wildman–Crippen LogP) is 4.67. The lowest BCUT2D eigenvalue weighted by atomic mass is 10.2. The maximum Gasteiger partial charge on any atom is 0.191 e. The molecule has 0 N–H and O–H groups in total. The molecule has 0 spiro atoms.